The standard InChI is InChI=1S/C10H17N3.C2H6/c1-12-5-7-13(8-6-12)10-3-2-4-11-9-10;1-2/h3,9H,2,4-8H2,1H3;1-2H3. The molecule has 3 heteroatoms. The van der Waals surface area contributed by atoms with Gasteiger partial charge in [-0.15, -0.1) is 0 Å². The fourth-order valence-electron chi connectivity index (χ4n) is 1.77. The highest BCUT2D eigenvalue weighted by atomic mass is 15.3. The van der Waals surface area contributed by atoms with Crippen molar-refractivity contribution in [3.63, 3.8) is 0 Å². The lowest BCUT2D eigenvalue weighted by Crippen LogP contribution is -2.44. The number of allylic oxidation sites excluding steroid dienone is 1. The van der Waals surface area contributed by atoms with Gasteiger partial charge in [0.15, 0.2) is 0 Å². The number of aliphatic imine (C=N–C) groups is 1. The van der Waals surface area contributed by atoms with Gasteiger partial charge in [0, 0.05) is 38.9 Å². The van der Waals surface area contributed by atoms with Crippen LogP contribution in [-0.2, 0) is 0 Å². The maximum Gasteiger partial charge on any atom is 0.0508 e. The molecule has 1 saturated heterocycles. The molecule has 2 rings (SSSR count). The maximum atomic E-state index is 4.30. The number of piperazine rings is 1. The molecule has 0 atom stereocenters. The van der Waals surface area contributed by atoms with Gasteiger partial charge in [0.25, 0.3) is 0 Å². The number of hydrogen-bond acceptors (Lipinski definition) is 3. The van der Waals surface area contributed by atoms with Crippen LogP contribution in [0.4, 0.5) is 0 Å². The van der Waals surface area contributed by atoms with Crippen LogP contribution in [0, 0.1) is 0 Å². The Morgan fingerprint density at radius 3 is 2.33 bits per heavy atom. The zero-order chi connectivity index (χ0) is 11.1. The monoisotopic (exact) mass is 209 g/mol. The molecule has 0 aromatic rings. The Morgan fingerprint density at radius 1 is 1.13 bits per heavy atom. The number of dihydropyridines is 1. The van der Waals surface area contributed by atoms with Crippen molar-refractivity contribution in [2.24, 2.45) is 4.99 Å². The summed E-state index contributed by atoms with van der Waals surface area (Å²) in [5.74, 6) is 0. The molecule has 0 saturated carbocycles. The number of rotatable bonds is 1. The topological polar surface area (TPSA) is 18.8 Å². The van der Waals surface area contributed by atoms with Crippen molar-refractivity contribution in [2.75, 3.05) is 39.8 Å². The van der Waals surface area contributed by atoms with Gasteiger partial charge in [-0.05, 0) is 13.5 Å². The lowest BCUT2D eigenvalue weighted by Gasteiger charge is -2.34. The SMILES string of the molecule is CC.CN1CCN(C2=CCCN=C2)CC1. The van der Waals surface area contributed by atoms with Crippen LogP contribution in [0.2, 0.25) is 0 Å². The summed E-state index contributed by atoms with van der Waals surface area (Å²) >= 11 is 0. The molecule has 3 nitrogen and oxygen atoms in total. The van der Waals surface area contributed by atoms with Gasteiger partial charge in [-0.1, -0.05) is 19.9 Å². The van der Waals surface area contributed by atoms with Crippen molar-refractivity contribution in [3.8, 4) is 0 Å². The summed E-state index contributed by atoms with van der Waals surface area (Å²) in [6, 6.07) is 0. The Hall–Kier alpha value is -0.830. The third kappa shape index (κ3) is 3.67. The molecule has 0 bridgehead atoms. The first kappa shape index (κ1) is 12.2. The number of nitrogens with zero attached hydrogens (tertiary/aromatic N) is 3. The molecule has 0 aromatic carbocycles. The molecule has 0 unspecified atom stereocenters. The molecule has 0 aromatic heterocycles. The van der Waals surface area contributed by atoms with Gasteiger partial charge in [-0.3, -0.25) is 4.99 Å². The summed E-state index contributed by atoms with van der Waals surface area (Å²) in [7, 11) is 2.18. The van der Waals surface area contributed by atoms with E-state index in [-0.39, 0.29) is 0 Å². The molecule has 86 valence electrons. The summed E-state index contributed by atoms with van der Waals surface area (Å²) in [5, 5.41) is 0. The van der Waals surface area contributed by atoms with Gasteiger partial charge >= 0.3 is 0 Å². The van der Waals surface area contributed by atoms with Crippen molar-refractivity contribution >= 4 is 6.21 Å². The van der Waals surface area contributed by atoms with Gasteiger partial charge in [-0.25, -0.2) is 0 Å². The lowest BCUT2D eigenvalue weighted by molar-refractivity contribution is 0.192. The van der Waals surface area contributed by atoms with Crippen LogP contribution in [0.3, 0.4) is 0 Å². The first-order chi connectivity index (χ1) is 7.36. The second kappa shape index (κ2) is 6.62. The molecule has 0 aliphatic carbocycles. The van der Waals surface area contributed by atoms with Gasteiger partial charge in [0.05, 0.1) is 5.70 Å². The van der Waals surface area contributed by atoms with Crippen molar-refractivity contribution in [1.29, 1.82) is 0 Å². The maximum absolute atomic E-state index is 4.30. The van der Waals surface area contributed by atoms with Crippen LogP contribution in [-0.4, -0.2) is 55.8 Å². The normalized spacial score (nSPS) is 21.8. The molecule has 2 heterocycles. The molecule has 2 aliphatic rings. The Labute approximate surface area is 93.5 Å². The summed E-state index contributed by atoms with van der Waals surface area (Å²) in [5.41, 5.74) is 1.33. The van der Waals surface area contributed by atoms with Crippen molar-refractivity contribution in [3.05, 3.63) is 11.8 Å². The largest absolute Gasteiger partial charge is 0.368 e. The Bertz CT molecular complexity index is 225. The molecule has 0 radical (unpaired) electrons. The van der Waals surface area contributed by atoms with E-state index >= 15 is 0 Å². The third-order valence-electron chi connectivity index (χ3n) is 2.70. The van der Waals surface area contributed by atoms with Crippen molar-refractivity contribution in [1.82, 2.24) is 9.80 Å². The summed E-state index contributed by atoms with van der Waals surface area (Å²) < 4.78 is 0. The zero-order valence-corrected chi connectivity index (χ0v) is 10.2. The fourth-order valence-corrected chi connectivity index (χ4v) is 1.77. The van der Waals surface area contributed by atoms with E-state index in [1.54, 1.807) is 0 Å². The average molecular weight is 209 g/mol. The highest BCUT2D eigenvalue weighted by Crippen LogP contribution is 2.10. The van der Waals surface area contributed by atoms with Crippen molar-refractivity contribution < 1.29 is 0 Å². The quantitative estimate of drug-likeness (QED) is 0.653. The van der Waals surface area contributed by atoms with Crippen LogP contribution in [0.1, 0.15) is 20.3 Å². The van der Waals surface area contributed by atoms with E-state index < -0.39 is 0 Å². The zero-order valence-electron chi connectivity index (χ0n) is 10.2. The molecule has 0 N–H and O–H groups in total. The minimum absolute atomic E-state index is 0.969. The lowest BCUT2D eigenvalue weighted by atomic mass is 10.2. The molecule has 2 aliphatic heterocycles. The first-order valence-electron chi connectivity index (χ1n) is 6.00. The molecule has 1 fully saturated rings. The third-order valence-corrected chi connectivity index (χ3v) is 2.70. The fraction of sp³-hybridized carbons (Fsp3) is 0.750. The Morgan fingerprint density at radius 2 is 1.80 bits per heavy atom. The van der Waals surface area contributed by atoms with Crippen LogP contribution >= 0.6 is 0 Å². The minimum Gasteiger partial charge on any atom is -0.368 e. The molecule has 0 spiro atoms. The van der Waals surface area contributed by atoms with Crippen LogP contribution in [0.25, 0.3) is 0 Å². The predicted molar refractivity (Wildman–Crippen MR) is 66.5 cm³/mol. The van der Waals surface area contributed by atoms with E-state index in [4.69, 9.17) is 0 Å². The highest BCUT2D eigenvalue weighted by Gasteiger charge is 2.15. The van der Waals surface area contributed by atoms with Crippen LogP contribution in [0.15, 0.2) is 16.8 Å². The van der Waals surface area contributed by atoms with E-state index in [9.17, 15) is 0 Å². The first-order valence-corrected chi connectivity index (χ1v) is 6.00. The van der Waals surface area contributed by atoms with Crippen molar-refractivity contribution in [2.45, 2.75) is 20.3 Å². The summed E-state index contributed by atoms with van der Waals surface area (Å²) in [6.07, 6.45) is 5.44. The van der Waals surface area contributed by atoms with Gasteiger partial charge < -0.3 is 9.80 Å². The van der Waals surface area contributed by atoms with E-state index in [1.165, 1.54) is 18.8 Å². The number of likely N-dealkylation sites (N-methyl/N-ethyl adjacent to an activating group) is 1. The second-order valence-electron chi connectivity index (χ2n) is 3.74. The second-order valence-corrected chi connectivity index (χ2v) is 3.74. The van der Waals surface area contributed by atoms with E-state index in [0.29, 0.717) is 0 Å². The average Bonchev–Trinajstić information content (AvgIpc) is 2.34. The van der Waals surface area contributed by atoms with Crippen LogP contribution < -0.4 is 0 Å². The van der Waals surface area contributed by atoms with Crippen LogP contribution in [0.5, 0.6) is 0 Å². The number of hydrogen-bond donors (Lipinski definition) is 0. The van der Waals surface area contributed by atoms with Gasteiger partial charge in [0.2, 0.25) is 0 Å². The Balaban J connectivity index is 0.000000531. The predicted octanol–water partition coefficient (Wildman–Crippen LogP) is 1.62. The Kier molecular flexibility index (Phi) is 5.40. The highest BCUT2D eigenvalue weighted by molar-refractivity contribution is 5.78. The van der Waals surface area contributed by atoms with Gasteiger partial charge in [0.1, 0.15) is 0 Å². The minimum atomic E-state index is 0.969. The summed E-state index contributed by atoms with van der Waals surface area (Å²) in [6.45, 7) is 9.61. The van der Waals surface area contributed by atoms with E-state index in [2.05, 4.69) is 27.9 Å². The summed E-state index contributed by atoms with van der Waals surface area (Å²) in [4.78, 5) is 9.11. The smallest absolute Gasteiger partial charge is 0.0508 e. The molecule has 15 heavy (non-hydrogen) atoms. The molecular weight excluding hydrogens is 186 g/mol. The molecule has 0 amide bonds. The van der Waals surface area contributed by atoms with Gasteiger partial charge in [-0.2, -0.15) is 0 Å². The van der Waals surface area contributed by atoms with E-state index in [0.717, 1.165) is 26.1 Å². The molecular formula is C12H23N3. The van der Waals surface area contributed by atoms with E-state index in [1.807, 2.05) is 20.1 Å².